The number of benzene rings is 1. The van der Waals surface area contributed by atoms with Crippen molar-refractivity contribution in [1.82, 2.24) is 10.2 Å². The first kappa shape index (κ1) is 16.2. The van der Waals surface area contributed by atoms with Crippen LogP contribution in [0.15, 0.2) is 28.7 Å². The van der Waals surface area contributed by atoms with E-state index in [1.54, 1.807) is 6.07 Å². The number of anilines is 1. The Hall–Kier alpha value is -2.25. The summed E-state index contributed by atoms with van der Waals surface area (Å²) in [5.74, 6) is 0.627. The molecule has 1 N–H and O–H groups in total. The van der Waals surface area contributed by atoms with Crippen LogP contribution in [0.4, 0.5) is 10.1 Å². The van der Waals surface area contributed by atoms with Crippen LogP contribution in [0, 0.1) is 12.7 Å². The Morgan fingerprint density at radius 3 is 2.88 bits per heavy atom. The molecule has 0 saturated heterocycles. The molecule has 5 nitrogen and oxygen atoms in total. The summed E-state index contributed by atoms with van der Waals surface area (Å²) in [6.45, 7) is 1.88. The van der Waals surface area contributed by atoms with E-state index in [1.165, 1.54) is 23.5 Å². The van der Waals surface area contributed by atoms with E-state index in [0.717, 1.165) is 28.7 Å². The van der Waals surface area contributed by atoms with Crippen molar-refractivity contribution in [2.45, 2.75) is 25.7 Å². The molecule has 25 heavy (non-hydrogen) atoms. The first-order valence-corrected chi connectivity index (χ1v) is 8.91. The van der Waals surface area contributed by atoms with Gasteiger partial charge in [-0.2, -0.15) is 0 Å². The van der Waals surface area contributed by atoms with Crippen molar-refractivity contribution in [3.05, 3.63) is 51.4 Å². The molecule has 0 radical (unpaired) electrons. The highest BCUT2D eigenvalue weighted by Crippen LogP contribution is 2.41. The second-order valence-corrected chi connectivity index (χ2v) is 7.54. The molecule has 2 heterocycles. The number of thiophene rings is 1. The molecule has 0 unspecified atom stereocenters. The smallest absolute Gasteiger partial charge is 0.257 e. The maximum absolute atomic E-state index is 13.1. The van der Waals surface area contributed by atoms with E-state index in [-0.39, 0.29) is 10.6 Å². The van der Waals surface area contributed by atoms with Gasteiger partial charge < -0.3 is 9.73 Å². The lowest BCUT2D eigenvalue weighted by Gasteiger charge is -2.06. The number of nitrogens with zero attached hydrogens (tertiary/aromatic N) is 2. The zero-order valence-electron chi connectivity index (χ0n) is 13.2. The minimum absolute atomic E-state index is 0.0663. The standard InChI is InChI=1S/C17H13ClFN3O2S/c1-8-13(20-15(23)11-5-4-10(19)6-12(11)18)7-14(25-8)17-22-21-16(24-17)9-2-3-9/h4-7,9H,2-3H2,1H3,(H,20,23). The predicted molar refractivity (Wildman–Crippen MR) is 93.7 cm³/mol. The molecule has 8 heteroatoms. The molecule has 0 spiro atoms. The van der Waals surface area contributed by atoms with Gasteiger partial charge in [-0.1, -0.05) is 11.6 Å². The zero-order valence-corrected chi connectivity index (χ0v) is 14.7. The summed E-state index contributed by atoms with van der Waals surface area (Å²) in [4.78, 5) is 14.1. The summed E-state index contributed by atoms with van der Waals surface area (Å²) in [5, 5.41) is 11.0. The Morgan fingerprint density at radius 1 is 1.36 bits per heavy atom. The molecule has 1 fully saturated rings. The molecular weight excluding hydrogens is 365 g/mol. The fourth-order valence-electron chi connectivity index (χ4n) is 2.40. The molecule has 0 aliphatic heterocycles. The Bertz CT molecular complexity index is 965. The third-order valence-corrected chi connectivity index (χ3v) is 5.27. The Morgan fingerprint density at radius 2 is 2.16 bits per heavy atom. The fraction of sp³-hybridized carbons (Fsp3) is 0.235. The van der Waals surface area contributed by atoms with Crippen LogP contribution in [0.1, 0.15) is 39.9 Å². The first-order chi connectivity index (χ1) is 12.0. The lowest BCUT2D eigenvalue weighted by Crippen LogP contribution is -2.12. The molecule has 0 bridgehead atoms. The van der Waals surface area contributed by atoms with Crippen molar-refractivity contribution in [1.29, 1.82) is 0 Å². The number of nitrogens with one attached hydrogen (secondary N) is 1. The van der Waals surface area contributed by atoms with Gasteiger partial charge in [-0.15, -0.1) is 21.5 Å². The van der Waals surface area contributed by atoms with Gasteiger partial charge in [-0.3, -0.25) is 4.79 Å². The molecular formula is C17H13ClFN3O2S. The van der Waals surface area contributed by atoms with Crippen LogP contribution in [-0.2, 0) is 0 Å². The fourth-order valence-corrected chi connectivity index (χ4v) is 3.55. The molecule has 3 aromatic rings. The predicted octanol–water partition coefficient (Wildman–Crippen LogP) is 5.03. The summed E-state index contributed by atoms with van der Waals surface area (Å²) in [6.07, 6.45) is 2.18. The van der Waals surface area contributed by atoms with Gasteiger partial charge in [0.2, 0.25) is 5.89 Å². The van der Waals surface area contributed by atoms with E-state index in [4.69, 9.17) is 16.0 Å². The molecule has 1 aliphatic carbocycles. The van der Waals surface area contributed by atoms with Crippen LogP contribution in [0.25, 0.3) is 10.8 Å². The number of carbonyl (C=O) groups is 1. The van der Waals surface area contributed by atoms with Gasteiger partial charge >= 0.3 is 0 Å². The quantitative estimate of drug-likeness (QED) is 0.692. The van der Waals surface area contributed by atoms with Crippen molar-refractivity contribution in [3.8, 4) is 10.8 Å². The number of hydrogen-bond donors (Lipinski definition) is 1. The lowest BCUT2D eigenvalue weighted by molar-refractivity contribution is 0.102. The zero-order chi connectivity index (χ0) is 17.6. The number of carbonyl (C=O) groups excluding carboxylic acids is 1. The van der Waals surface area contributed by atoms with Gasteiger partial charge in [0.1, 0.15) is 5.82 Å². The Labute approximate surface area is 151 Å². The summed E-state index contributed by atoms with van der Waals surface area (Å²) < 4.78 is 18.8. The SMILES string of the molecule is Cc1sc(-c2nnc(C3CC3)o2)cc1NC(=O)c1ccc(F)cc1Cl. The maximum atomic E-state index is 13.1. The van der Waals surface area contributed by atoms with Crippen LogP contribution in [-0.4, -0.2) is 16.1 Å². The monoisotopic (exact) mass is 377 g/mol. The average molecular weight is 378 g/mol. The molecule has 1 aliphatic rings. The lowest BCUT2D eigenvalue weighted by atomic mass is 10.2. The van der Waals surface area contributed by atoms with Gasteiger partial charge in [0, 0.05) is 10.8 Å². The molecule has 4 rings (SSSR count). The number of halogens is 2. The van der Waals surface area contributed by atoms with Crippen molar-refractivity contribution in [2.24, 2.45) is 0 Å². The number of aromatic nitrogens is 2. The first-order valence-electron chi connectivity index (χ1n) is 7.72. The molecule has 1 saturated carbocycles. The highest BCUT2D eigenvalue weighted by molar-refractivity contribution is 7.15. The van der Waals surface area contributed by atoms with E-state index < -0.39 is 11.7 Å². The van der Waals surface area contributed by atoms with Crippen LogP contribution in [0.2, 0.25) is 5.02 Å². The number of aryl methyl sites for hydroxylation is 1. The minimum atomic E-state index is -0.488. The van der Waals surface area contributed by atoms with Crippen LogP contribution in [0.5, 0.6) is 0 Å². The highest BCUT2D eigenvalue weighted by Gasteiger charge is 2.30. The van der Waals surface area contributed by atoms with Crippen molar-refractivity contribution >= 4 is 34.5 Å². The maximum Gasteiger partial charge on any atom is 0.257 e. The largest absolute Gasteiger partial charge is 0.420 e. The molecule has 128 valence electrons. The van der Waals surface area contributed by atoms with Gasteiger partial charge in [0.05, 0.1) is 21.2 Å². The number of amides is 1. The second-order valence-electron chi connectivity index (χ2n) is 5.88. The number of hydrogen-bond acceptors (Lipinski definition) is 5. The van der Waals surface area contributed by atoms with E-state index in [0.29, 0.717) is 23.4 Å². The average Bonchev–Trinajstić information content (AvgIpc) is 3.18. The Balaban J connectivity index is 1.56. The summed E-state index contributed by atoms with van der Waals surface area (Å²) in [6, 6.07) is 5.46. The molecule has 2 aromatic heterocycles. The van der Waals surface area contributed by atoms with Crippen LogP contribution < -0.4 is 5.32 Å². The third kappa shape index (κ3) is 3.29. The molecule has 1 aromatic carbocycles. The minimum Gasteiger partial charge on any atom is -0.420 e. The van der Waals surface area contributed by atoms with Gasteiger partial charge in [0.15, 0.2) is 0 Å². The van der Waals surface area contributed by atoms with E-state index in [9.17, 15) is 9.18 Å². The topological polar surface area (TPSA) is 68.0 Å². The summed E-state index contributed by atoms with van der Waals surface area (Å²) >= 11 is 7.39. The van der Waals surface area contributed by atoms with Gasteiger partial charge in [-0.05, 0) is 44.0 Å². The van der Waals surface area contributed by atoms with E-state index >= 15 is 0 Å². The molecule has 1 amide bonds. The highest BCUT2D eigenvalue weighted by atomic mass is 35.5. The van der Waals surface area contributed by atoms with Crippen molar-refractivity contribution in [3.63, 3.8) is 0 Å². The van der Waals surface area contributed by atoms with Gasteiger partial charge in [-0.25, -0.2) is 4.39 Å². The van der Waals surface area contributed by atoms with E-state index in [2.05, 4.69) is 15.5 Å². The summed E-state index contributed by atoms with van der Waals surface area (Å²) in [5.41, 5.74) is 0.848. The number of rotatable bonds is 4. The van der Waals surface area contributed by atoms with E-state index in [1.807, 2.05) is 6.92 Å². The van der Waals surface area contributed by atoms with Crippen molar-refractivity contribution < 1.29 is 13.6 Å². The molecule has 0 atom stereocenters. The summed E-state index contributed by atoms with van der Waals surface area (Å²) in [7, 11) is 0. The van der Waals surface area contributed by atoms with Crippen LogP contribution >= 0.6 is 22.9 Å². The second kappa shape index (κ2) is 6.24. The third-order valence-electron chi connectivity index (χ3n) is 3.92. The van der Waals surface area contributed by atoms with Crippen LogP contribution in [0.3, 0.4) is 0 Å². The Kier molecular flexibility index (Phi) is 4.05. The normalized spacial score (nSPS) is 13.9. The van der Waals surface area contributed by atoms with Crippen molar-refractivity contribution in [2.75, 3.05) is 5.32 Å². The van der Waals surface area contributed by atoms with Gasteiger partial charge in [0.25, 0.3) is 11.8 Å².